The summed E-state index contributed by atoms with van der Waals surface area (Å²) in [7, 11) is 0. The van der Waals surface area contributed by atoms with Gasteiger partial charge in [-0.3, -0.25) is 4.79 Å². The van der Waals surface area contributed by atoms with Crippen molar-refractivity contribution >= 4 is 16.7 Å². The highest BCUT2D eigenvalue weighted by Crippen LogP contribution is 2.22. The summed E-state index contributed by atoms with van der Waals surface area (Å²) in [6, 6.07) is 9.97. The average molecular weight is 214 g/mol. The third-order valence-electron chi connectivity index (χ3n) is 2.98. The van der Waals surface area contributed by atoms with Gasteiger partial charge < -0.3 is 5.11 Å². The van der Waals surface area contributed by atoms with Crippen LogP contribution in [0, 0.1) is 13.8 Å². The number of benzene rings is 2. The van der Waals surface area contributed by atoms with Gasteiger partial charge in [0.15, 0.2) is 0 Å². The Morgan fingerprint density at radius 1 is 1.19 bits per heavy atom. The molecule has 2 rings (SSSR count). The van der Waals surface area contributed by atoms with Gasteiger partial charge in [-0.25, -0.2) is 0 Å². The standard InChI is InChI=1S/C14H14O2/c1-9-3-5-12-7-11(8-14(15)16)4-6-13(12)10(9)2/h3-7H,8H2,1-2H3,(H,15,16). The number of aryl methyl sites for hydroxylation is 2. The van der Waals surface area contributed by atoms with Gasteiger partial charge in [-0.2, -0.15) is 0 Å². The second kappa shape index (κ2) is 3.97. The van der Waals surface area contributed by atoms with E-state index in [2.05, 4.69) is 19.9 Å². The predicted octanol–water partition coefficient (Wildman–Crippen LogP) is 3.08. The molecular weight excluding hydrogens is 200 g/mol. The first kappa shape index (κ1) is 10.7. The summed E-state index contributed by atoms with van der Waals surface area (Å²) in [4.78, 5) is 10.6. The van der Waals surface area contributed by atoms with Crippen LogP contribution in [-0.2, 0) is 11.2 Å². The van der Waals surface area contributed by atoms with E-state index in [1.807, 2.05) is 24.3 Å². The number of aliphatic carboxylic acids is 1. The maximum absolute atomic E-state index is 10.6. The highest BCUT2D eigenvalue weighted by molar-refractivity contribution is 5.87. The quantitative estimate of drug-likeness (QED) is 0.834. The molecular formula is C14H14O2. The molecule has 82 valence electrons. The number of fused-ring (bicyclic) bond motifs is 1. The van der Waals surface area contributed by atoms with Gasteiger partial charge in [0.1, 0.15) is 0 Å². The van der Waals surface area contributed by atoms with E-state index in [4.69, 9.17) is 5.11 Å². The summed E-state index contributed by atoms with van der Waals surface area (Å²) in [6.07, 6.45) is 0.0862. The Bertz CT molecular complexity index is 556. The van der Waals surface area contributed by atoms with Crippen molar-refractivity contribution in [2.75, 3.05) is 0 Å². The zero-order chi connectivity index (χ0) is 11.7. The van der Waals surface area contributed by atoms with Crippen molar-refractivity contribution in [2.45, 2.75) is 20.3 Å². The van der Waals surface area contributed by atoms with Crippen molar-refractivity contribution in [1.29, 1.82) is 0 Å². The predicted molar refractivity (Wildman–Crippen MR) is 64.8 cm³/mol. The maximum atomic E-state index is 10.6. The molecule has 0 saturated heterocycles. The molecule has 0 aliphatic carbocycles. The van der Waals surface area contributed by atoms with Gasteiger partial charge >= 0.3 is 5.97 Å². The summed E-state index contributed by atoms with van der Waals surface area (Å²) in [6.45, 7) is 4.18. The number of rotatable bonds is 2. The molecule has 0 fully saturated rings. The number of carboxylic acid groups (broad SMARTS) is 1. The molecule has 0 aliphatic rings. The first-order chi connectivity index (χ1) is 7.58. The van der Waals surface area contributed by atoms with Gasteiger partial charge in [-0.1, -0.05) is 30.3 Å². The molecule has 0 spiro atoms. The summed E-state index contributed by atoms with van der Waals surface area (Å²) in [5.74, 6) is -0.789. The van der Waals surface area contributed by atoms with Crippen LogP contribution >= 0.6 is 0 Å². The van der Waals surface area contributed by atoms with Gasteiger partial charge in [-0.05, 0) is 41.3 Å². The molecule has 0 bridgehead atoms. The van der Waals surface area contributed by atoms with E-state index in [0.717, 1.165) is 10.9 Å². The van der Waals surface area contributed by atoms with Crippen LogP contribution in [0.2, 0.25) is 0 Å². The number of carbonyl (C=O) groups is 1. The molecule has 0 unspecified atom stereocenters. The van der Waals surface area contributed by atoms with E-state index < -0.39 is 5.97 Å². The molecule has 0 aliphatic heterocycles. The van der Waals surface area contributed by atoms with Crippen molar-refractivity contribution in [3.63, 3.8) is 0 Å². The highest BCUT2D eigenvalue weighted by Gasteiger charge is 2.04. The Morgan fingerprint density at radius 2 is 1.94 bits per heavy atom. The molecule has 2 heteroatoms. The smallest absolute Gasteiger partial charge is 0.307 e. The Labute approximate surface area is 94.5 Å². The molecule has 2 nitrogen and oxygen atoms in total. The normalized spacial score (nSPS) is 10.6. The third-order valence-corrected chi connectivity index (χ3v) is 2.98. The number of carboxylic acids is 1. The van der Waals surface area contributed by atoms with Crippen LogP contribution in [0.3, 0.4) is 0 Å². The zero-order valence-corrected chi connectivity index (χ0v) is 9.45. The van der Waals surface area contributed by atoms with Gasteiger partial charge in [0.05, 0.1) is 6.42 Å². The van der Waals surface area contributed by atoms with Crippen LogP contribution in [0.1, 0.15) is 16.7 Å². The van der Waals surface area contributed by atoms with Crippen molar-refractivity contribution in [2.24, 2.45) is 0 Å². The lowest BCUT2D eigenvalue weighted by Gasteiger charge is -2.07. The second-order valence-corrected chi connectivity index (χ2v) is 4.13. The zero-order valence-electron chi connectivity index (χ0n) is 9.45. The Balaban J connectivity index is 2.56. The van der Waals surface area contributed by atoms with Crippen LogP contribution in [0.25, 0.3) is 10.8 Å². The second-order valence-electron chi connectivity index (χ2n) is 4.13. The molecule has 0 atom stereocenters. The fraction of sp³-hybridized carbons (Fsp3) is 0.214. The van der Waals surface area contributed by atoms with E-state index in [9.17, 15) is 4.79 Å². The van der Waals surface area contributed by atoms with Gasteiger partial charge in [0.2, 0.25) is 0 Å². The van der Waals surface area contributed by atoms with Gasteiger partial charge in [0.25, 0.3) is 0 Å². The van der Waals surface area contributed by atoms with Gasteiger partial charge in [0, 0.05) is 0 Å². The first-order valence-corrected chi connectivity index (χ1v) is 5.28. The van der Waals surface area contributed by atoms with Gasteiger partial charge in [-0.15, -0.1) is 0 Å². The lowest BCUT2D eigenvalue weighted by molar-refractivity contribution is -0.136. The molecule has 0 amide bonds. The summed E-state index contributed by atoms with van der Waals surface area (Å²) in [5.41, 5.74) is 3.38. The van der Waals surface area contributed by atoms with Crippen molar-refractivity contribution < 1.29 is 9.90 Å². The molecule has 2 aromatic rings. The molecule has 1 N–H and O–H groups in total. The van der Waals surface area contributed by atoms with E-state index in [0.29, 0.717) is 0 Å². The maximum Gasteiger partial charge on any atom is 0.307 e. The highest BCUT2D eigenvalue weighted by atomic mass is 16.4. The number of hydrogen-bond acceptors (Lipinski definition) is 1. The van der Waals surface area contributed by atoms with E-state index in [-0.39, 0.29) is 6.42 Å². The molecule has 2 aromatic carbocycles. The molecule has 0 saturated carbocycles. The third kappa shape index (κ3) is 1.91. The first-order valence-electron chi connectivity index (χ1n) is 5.28. The van der Waals surface area contributed by atoms with E-state index >= 15 is 0 Å². The molecule has 0 heterocycles. The van der Waals surface area contributed by atoms with Crippen molar-refractivity contribution in [1.82, 2.24) is 0 Å². The van der Waals surface area contributed by atoms with Crippen LogP contribution in [-0.4, -0.2) is 11.1 Å². The summed E-state index contributed by atoms with van der Waals surface area (Å²) >= 11 is 0. The topological polar surface area (TPSA) is 37.3 Å². The molecule has 0 radical (unpaired) electrons. The molecule has 0 aromatic heterocycles. The van der Waals surface area contributed by atoms with Crippen LogP contribution in [0.15, 0.2) is 30.3 Å². The summed E-state index contributed by atoms with van der Waals surface area (Å²) in [5, 5.41) is 11.1. The van der Waals surface area contributed by atoms with Crippen LogP contribution < -0.4 is 0 Å². The minimum Gasteiger partial charge on any atom is -0.481 e. The lowest BCUT2D eigenvalue weighted by Crippen LogP contribution is -1.99. The SMILES string of the molecule is Cc1ccc2cc(CC(=O)O)ccc2c1C. The van der Waals surface area contributed by atoms with E-state index in [1.54, 1.807) is 0 Å². The fourth-order valence-electron chi connectivity index (χ4n) is 1.93. The average Bonchev–Trinajstić information content (AvgIpc) is 2.23. The van der Waals surface area contributed by atoms with Crippen molar-refractivity contribution in [3.05, 3.63) is 47.0 Å². The Kier molecular flexibility index (Phi) is 2.65. The monoisotopic (exact) mass is 214 g/mol. The lowest BCUT2D eigenvalue weighted by atomic mass is 9.98. The summed E-state index contributed by atoms with van der Waals surface area (Å²) < 4.78 is 0. The molecule has 16 heavy (non-hydrogen) atoms. The fourth-order valence-corrected chi connectivity index (χ4v) is 1.93. The number of hydrogen-bond donors (Lipinski definition) is 1. The Hall–Kier alpha value is -1.83. The Morgan fingerprint density at radius 3 is 2.62 bits per heavy atom. The van der Waals surface area contributed by atoms with E-state index in [1.165, 1.54) is 16.5 Å². The van der Waals surface area contributed by atoms with Crippen LogP contribution in [0.5, 0.6) is 0 Å². The minimum atomic E-state index is -0.789. The van der Waals surface area contributed by atoms with Crippen LogP contribution in [0.4, 0.5) is 0 Å². The largest absolute Gasteiger partial charge is 0.481 e. The minimum absolute atomic E-state index is 0.0862. The van der Waals surface area contributed by atoms with Crippen molar-refractivity contribution in [3.8, 4) is 0 Å².